The van der Waals surface area contributed by atoms with Crippen molar-refractivity contribution in [2.75, 3.05) is 0 Å². The van der Waals surface area contributed by atoms with Gasteiger partial charge >= 0.3 is 0 Å². The van der Waals surface area contributed by atoms with Crippen molar-refractivity contribution in [3.05, 3.63) is 36.7 Å². The van der Waals surface area contributed by atoms with Crippen LogP contribution < -0.4 is 0 Å². The Kier molecular flexibility index (Phi) is 1.81. The summed E-state index contributed by atoms with van der Waals surface area (Å²) in [6.07, 6.45) is 6.28. The molecule has 66 valence electrons. The summed E-state index contributed by atoms with van der Waals surface area (Å²) >= 11 is 0. The predicted octanol–water partition coefficient (Wildman–Crippen LogP) is 1.62. The molecule has 2 aromatic rings. The van der Waals surface area contributed by atoms with Crippen molar-refractivity contribution >= 4 is 0 Å². The van der Waals surface area contributed by atoms with E-state index in [9.17, 15) is 4.39 Å². The molecule has 4 heteroatoms. The largest absolute Gasteiger partial charge is 0.275 e. The van der Waals surface area contributed by atoms with Gasteiger partial charge in [-0.1, -0.05) is 0 Å². The van der Waals surface area contributed by atoms with E-state index in [4.69, 9.17) is 0 Å². The van der Waals surface area contributed by atoms with Crippen molar-refractivity contribution in [1.29, 1.82) is 0 Å². The van der Waals surface area contributed by atoms with Gasteiger partial charge in [-0.05, 0) is 6.07 Å². The molecule has 0 fully saturated rings. The first-order valence-corrected chi connectivity index (χ1v) is 3.85. The molecule has 0 bridgehead atoms. The second-order valence-electron chi connectivity index (χ2n) is 2.79. The van der Waals surface area contributed by atoms with Gasteiger partial charge in [-0.3, -0.25) is 9.67 Å². The zero-order chi connectivity index (χ0) is 9.26. The van der Waals surface area contributed by atoms with E-state index in [-0.39, 0.29) is 5.82 Å². The molecule has 13 heavy (non-hydrogen) atoms. The van der Waals surface area contributed by atoms with E-state index in [1.54, 1.807) is 17.1 Å². The first kappa shape index (κ1) is 7.91. The number of hydrogen-bond donors (Lipinski definition) is 0. The average molecular weight is 177 g/mol. The summed E-state index contributed by atoms with van der Waals surface area (Å²) in [5, 5.41) is 3.99. The van der Waals surface area contributed by atoms with E-state index < -0.39 is 0 Å². The summed E-state index contributed by atoms with van der Waals surface area (Å²) in [4.78, 5) is 3.76. The number of halogens is 1. The Balaban J connectivity index is 2.46. The molecule has 2 aromatic heterocycles. The van der Waals surface area contributed by atoms with E-state index in [0.717, 1.165) is 11.1 Å². The summed E-state index contributed by atoms with van der Waals surface area (Å²) in [5.74, 6) is -0.332. The van der Waals surface area contributed by atoms with Crippen LogP contribution in [0, 0.1) is 5.82 Å². The number of rotatable bonds is 1. The molecule has 0 saturated heterocycles. The Morgan fingerprint density at radius 1 is 1.23 bits per heavy atom. The van der Waals surface area contributed by atoms with E-state index in [2.05, 4.69) is 10.1 Å². The summed E-state index contributed by atoms with van der Waals surface area (Å²) in [6.45, 7) is 0. The fraction of sp³-hybridized carbons (Fsp3) is 0.111. The standard InChI is InChI=1S/C9H8FN3/c1-13-6-8(4-12-13)7-2-9(10)5-11-3-7/h2-6H,1H3. The smallest absolute Gasteiger partial charge is 0.142 e. The van der Waals surface area contributed by atoms with Gasteiger partial charge in [-0.2, -0.15) is 5.10 Å². The number of aryl methyl sites for hydroxylation is 1. The molecule has 2 rings (SSSR count). The topological polar surface area (TPSA) is 30.7 Å². The molecule has 0 aromatic carbocycles. The van der Waals surface area contributed by atoms with Crippen LogP contribution in [0.2, 0.25) is 0 Å². The minimum atomic E-state index is -0.332. The van der Waals surface area contributed by atoms with Crippen molar-refractivity contribution in [2.45, 2.75) is 0 Å². The van der Waals surface area contributed by atoms with Gasteiger partial charge in [-0.15, -0.1) is 0 Å². The lowest BCUT2D eigenvalue weighted by Gasteiger charge is -1.94. The predicted molar refractivity (Wildman–Crippen MR) is 46.4 cm³/mol. The molecule has 0 spiro atoms. The van der Waals surface area contributed by atoms with Crippen molar-refractivity contribution < 1.29 is 4.39 Å². The van der Waals surface area contributed by atoms with Gasteiger partial charge < -0.3 is 0 Å². The minimum Gasteiger partial charge on any atom is -0.275 e. The molecule has 0 aliphatic heterocycles. The zero-order valence-corrected chi connectivity index (χ0v) is 7.11. The minimum absolute atomic E-state index is 0.332. The van der Waals surface area contributed by atoms with Crippen LogP contribution >= 0.6 is 0 Å². The van der Waals surface area contributed by atoms with Crippen LogP contribution in [0.25, 0.3) is 11.1 Å². The second kappa shape index (κ2) is 2.97. The maximum atomic E-state index is 12.8. The average Bonchev–Trinajstić information content (AvgIpc) is 2.52. The van der Waals surface area contributed by atoms with E-state index in [0.29, 0.717) is 0 Å². The third-order valence-electron chi connectivity index (χ3n) is 1.74. The molecule has 0 atom stereocenters. The Morgan fingerprint density at radius 3 is 2.69 bits per heavy atom. The van der Waals surface area contributed by atoms with Gasteiger partial charge in [0.25, 0.3) is 0 Å². The maximum Gasteiger partial charge on any atom is 0.142 e. The third kappa shape index (κ3) is 1.56. The Bertz CT molecular complexity index is 422. The first-order chi connectivity index (χ1) is 6.25. The zero-order valence-electron chi connectivity index (χ0n) is 7.11. The highest BCUT2D eigenvalue weighted by atomic mass is 19.1. The molecule has 0 amide bonds. The van der Waals surface area contributed by atoms with Gasteiger partial charge in [-0.25, -0.2) is 4.39 Å². The SMILES string of the molecule is Cn1cc(-c2cncc(F)c2)cn1. The molecule has 0 saturated carbocycles. The highest BCUT2D eigenvalue weighted by Crippen LogP contribution is 2.17. The molecule has 0 aliphatic carbocycles. The number of aromatic nitrogens is 3. The normalized spacial score (nSPS) is 10.3. The van der Waals surface area contributed by atoms with Crippen molar-refractivity contribution in [3.63, 3.8) is 0 Å². The summed E-state index contributed by atoms with van der Waals surface area (Å²) in [5.41, 5.74) is 1.61. The Labute approximate surface area is 74.8 Å². The lowest BCUT2D eigenvalue weighted by molar-refractivity contribution is 0.622. The van der Waals surface area contributed by atoms with E-state index >= 15 is 0 Å². The monoisotopic (exact) mass is 177 g/mol. The van der Waals surface area contributed by atoms with Crippen molar-refractivity contribution in [2.24, 2.45) is 7.05 Å². The fourth-order valence-electron chi connectivity index (χ4n) is 1.14. The van der Waals surface area contributed by atoms with Crippen LogP contribution in [0.3, 0.4) is 0 Å². The van der Waals surface area contributed by atoms with Gasteiger partial charge in [0.05, 0.1) is 12.4 Å². The molecular weight excluding hydrogens is 169 g/mol. The van der Waals surface area contributed by atoms with Gasteiger partial charge in [0, 0.05) is 30.6 Å². The highest BCUT2D eigenvalue weighted by molar-refractivity contribution is 5.60. The lowest BCUT2D eigenvalue weighted by atomic mass is 10.2. The Hall–Kier alpha value is -1.71. The summed E-state index contributed by atoms with van der Waals surface area (Å²) in [6, 6.07) is 1.43. The third-order valence-corrected chi connectivity index (χ3v) is 1.74. The molecule has 0 aliphatic rings. The van der Waals surface area contributed by atoms with E-state index in [1.807, 2.05) is 13.2 Å². The second-order valence-corrected chi connectivity index (χ2v) is 2.79. The maximum absolute atomic E-state index is 12.8. The van der Waals surface area contributed by atoms with Gasteiger partial charge in [0.1, 0.15) is 5.82 Å². The van der Waals surface area contributed by atoms with Crippen molar-refractivity contribution in [3.8, 4) is 11.1 Å². The van der Waals surface area contributed by atoms with Crippen LogP contribution in [0.4, 0.5) is 4.39 Å². The van der Waals surface area contributed by atoms with Crippen molar-refractivity contribution in [1.82, 2.24) is 14.8 Å². The van der Waals surface area contributed by atoms with Crippen LogP contribution in [-0.2, 0) is 7.05 Å². The molecule has 0 unspecified atom stereocenters. The number of pyridine rings is 1. The Morgan fingerprint density at radius 2 is 2.08 bits per heavy atom. The lowest BCUT2D eigenvalue weighted by Crippen LogP contribution is -1.84. The molecule has 0 N–H and O–H groups in total. The highest BCUT2D eigenvalue weighted by Gasteiger charge is 2.01. The molecule has 3 nitrogen and oxygen atoms in total. The number of hydrogen-bond acceptors (Lipinski definition) is 2. The van der Waals surface area contributed by atoms with Crippen LogP contribution in [0.1, 0.15) is 0 Å². The van der Waals surface area contributed by atoms with Gasteiger partial charge in [0.2, 0.25) is 0 Å². The number of nitrogens with zero attached hydrogens (tertiary/aromatic N) is 3. The van der Waals surface area contributed by atoms with E-state index in [1.165, 1.54) is 12.3 Å². The molecule has 0 radical (unpaired) electrons. The van der Waals surface area contributed by atoms with Gasteiger partial charge in [0.15, 0.2) is 0 Å². The summed E-state index contributed by atoms with van der Waals surface area (Å²) < 4.78 is 14.4. The van der Waals surface area contributed by atoms with Crippen LogP contribution in [-0.4, -0.2) is 14.8 Å². The molecular formula is C9H8FN3. The van der Waals surface area contributed by atoms with Crippen LogP contribution in [0.5, 0.6) is 0 Å². The summed E-state index contributed by atoms with van der Waals surface area (Å²) in [7, 11) is 1.82. The first-order valence-electron chi connectivity index (χ1n) is 3.85. The molecule has 2 heterocycles. The van der Waals surface area contributed by atoms with Crippen LogP contribution in [0.15, 0.2) is 30.9 Å². The fourth-order valence-corrected chi connectivity index (χ4v) is 1.14. The quantitative estimate of drug-likeness (QED) is 0.662.